The third kappa shape index (κ3) is 4.30. The van der Waals surface area contributed by atoms with Crippen molar-refractivity contribution in [3.05, 3.63) is 69.0 Å². The van der Waals surface area contributed by atoms with E-state index in [0.29, 0.717) is 29.2 Å². The van der Waals surface area contributed by atoms with Crippen molar-refractivity contribution < 1.29 is 9.47 Å². The summed E-state index contributed by atoms with van der Waals surface area (Å²) in [6.45, 7) is 9.62. The lowest BCUT2D eigenvalue weighted by molar-refractivity contribution is 0.292. The van der Waals surface area contributed by atoms with Gasteiger partial charge < -0.3 is 24.7 Å². The average molecular weight is 423 g/mol. The summed E-state index contributed by atoms with van der Waals surface area (Å²) < 4.78 is 13.0. The van der Waals surface area contributed by atoms with E-state index >= 15 is 0 Å². The van der Waals surface area contributed by atoms with Crippen LogP contribution in [-0.4, -0.2) is 36.2 Å². The lowest BCUT2D eigenvalue weighted by Crippen LogP contribution is -2.33. The highest BCUT2D eigenvalue weighted by Crippen LogP contribution is 2.43. The van der Waals surface area contributed by atoms with Crippen LogP contribution in [-0.2, 0) is 6.54 Å². The number of hydrogen-bond acceptors (Lipinski definition) is 6. The predicted molar refractivity (Wildman–Crippen MR) is 120 cm³/mol. The van der Waals surface area contributed by atoms with Crippen LogP contribution in [0.25, 0.3) is 0 Å². The monoisotopic (exact) mass is 422 g/mol. The lowest BCUT2D eigenvalue weighted by atomic mass is 9.83. The molecule has 1 aromatic carbocycles. The lowest BCUT2D eigenvalue weighted by Gasteiger charge is -2.28. The van der Waals surface area contributed by atoms with Gasteiger partial charge in [-0.15, -0.1) is 0 Å². The summed E-state index contributed by atoms with van der Waals surface area (Å²) in [4.78, 5) is 16.0. The highest BCUT2D eigenvalue weighted by atomic mass is 16.5. The number of para-hydroxylation sites is 1. The molecule has 2 heterocycles. The van der Waals surface area contributed by atoms with Gasteiger partial charge in [-0.25, -0.2) is 0 Å². The Bertz CT molecular complexity index is 1080. The third-order valence-electron chi connectivity index (χ3n) is 5.89. The first-order valence-electron chi connectivity index (χ1n) is 10.6. The Morgan fingerprint density at radius 2 is 2.00 bits per heavy atom. The molecule has 0 spiro atoms. The summed E-state index contributed by atoms with van der Waals surface area (Å²) in [5.74, 6) is 0.361. The zero-order valence-electron chi connectivity index (χ0n) is 18.6. The van der Waals surface area contributed by atoms with Crippen LogP contribution in [0.3, 0.4) is 0 Å². The summed E-state index contributed by atoms with van der Waals surface area (Å²) in [6.07, 6.45) is 0.852. The van der Waals surface area contributed by atoms with E-state index in [0.717, 1.165) is 31.7 Å². The summed E-state index contributed by atoms with van der Waals surface area (Å²) in [7, 11) is 1.57. The molecule has 0 aliphatic carbocycles. The smallest absolute Gasteiger partial charge is 0.258 e. The molecule has 7 heteroatoms. The maximum Gasteiger partial charge on any atom is 0.258 e. The van der Waals surface area contributed by atoms with Crippen molar-refractivity contribution >= 4 is 0 Å². The molecule has 164 valence electrons. The number of fused-ring (bicyclic) bond motifs is 1. The van der Waals surface area contributed by atoms with Crippen molar-refractivity contribution in [2.24, 2.45) is 5.73 Å². The summed E-state index contributed by atoms with van der Waals surface area (Å²) in [5.41, 5.74) is 8.07. The number of benzene rings is 1. The second-order valence-corrected chi connectivity index (χ2v) is 7.57. The number of ether oxygens (including phenoxy) is 2. The number of allylic oxidation sites excluding steroid dienone is 1. The van der Waals surface area contributed by atoms with Gasteiger partial charge >= 0.3 is 0 Å². The number of rotatable bonds is 8. The molecule has 0 saturated heterocycles. The SMILES string of the molecule is CCN(CC)CCCn1c(C)cc2c(c1=O)C(c1ccccc1OC)C(C#N)=C(N)O2. The van der Waals surface area contributed by atoms with Gasteiger partial charge in [0.1, 0.15) is 23.1 Å². The zero-order chi connectivity index (χ0) is 22.5. The molecule has 1 aliphatic heterocycles. The van der Waals surface area contributed by atoms with Crippen LogP contribution in [0.1, 0.15) is 43.0 Å². The Morgan fingerprint density at radius 3 is 2.65 bits per heavy atom. The van der Waals surface area contributed by atoms with Crippen LogP contribution in [0, 0.1) is 18.3 Å². The van der Waals surface area contributed by atoms with E-state index in [9.17, 15) is 10.1 Å². The van der Waals surface area contributed by atoms with E-state index in [-0.39, 0.29) is 17.0 Å². The van der Waals surface area contributed by atoms with Crippen LogP contribution in [0.5, 0.6) is 11.5 Å². The Hall–Kier alpha value is -3.24. The average Bonchev–Trinajstić information content (AvgIpc) is 2.77. The van der Waals surface area contributed by atoms with E-state index in [2.05, 4.69) is 24.8 Å². The van der Waals surface area contributed by atoms with Crippen molar-refractivity contribution in [2.75, 3.05) is 26.7 Å². The molecular formula is C24H30N4O3. The van der Waals surface area contributed by atoms with Gasteiger partial charge in [-0.05, 0) is 39.0 Å². The standard InChI is InChI=1S/C24H30N4O3/c1-5-27(6-2)12-9-13-28-16(3)14-20-22(24(28)29)21(18(15-25)23(26)31-20)17-10-7-8-11-19(17)30-4/h7-8,10-11,14,21H,5-6,9,12-13,26H2,1-4H3. The van der Waals surface area contributed by atoms with Gasteiger partial charge in [-0.3, -0.25) is 4.79 Å². The molecule has 1 unspecified atom stereocenters. The van der Waals surface area contributed by atoms with Gasteiger partial charge in [0.25, 0.3) is 5.56 Å². The fourth-order valence-electron chi connectivity index (χ4n) is 4.17. The number of pyridine rings is 1. The molecule has 0 saturated carbocycles. The fraction of sp³-hybridized carbons (Fsp3) is 0.417. The Kier molecular flexibility index (Phi) is 7.03. The molecule has 0 fully saturated rings. The molecule has 1 aromatic heterocycles. The predicted octanol–water partition coefficient (Wildman–Crippen LogP) is 3.12. The maximum atomic E-state index is 13.7. The molecule has 2 aromatic rings. The number of aryl methyl sites for hydroxylation is 1. The number of nitriles is 1. The van der Waals surface area contributed by atoms with Crippen LogP contribution < -0.4 is 20.8 Å². The molecule has 1 aliphatic rings. The van der Waals surface area contributed by atoms with Gasteiger partial charge in [0.05, 0.1) is 18.6 Å². The van der Waals surface area contributed by atoms with Crippen LogP contribution in [0.2, 0.25) is 0 Å². The first kappa shape index (κ1) is 22.4. The van der Waals surface area contributed by atoms with E-state index in [4.69, 9.17) is 15.2 Å². The Morgan fingerprint density at radius 1 is 1.29 bits per heavy atom. The molecule has 7 nitrogen and oxygen atoms in total. The van der Waals surface area contributed by atoms with Crippen LogP contribution in [0.4, 0.5) is 0 Å². The van der Waals surface area contributed by atoms with E-state index in [1.54, 1.807) is 11.7 Å². The van der Waals surface area contributed by atoms with Crippen molar-refractivity contribution in [2.45, 2.75) is 39.7 Å². The van der Waals surface area contributed by atoms with E-state index in [1.807, 2.05) is 37.3 Å². The summed E-state index contributed by atoms with van der Waals surface area (Å²) in [6, 6.07) is 11.4. The molecule has 0 radical (unpaired) electrons. The van der Waals surface area contributed by atoms with E-state index in [1.165, 1.54) is 0 Å². The number of aromatic nitrogens is 1. The number of hydrogen-bond donors (Lipinski definition) is 1. The summed E-state index contributed by atoms with van der Waals surface area (Å²) >= 11 is 0. The van der Waals surface area contributed by atoms with Gasteiger partial charge in [-0.2, -0.15) is 5.26 Å². The maximum absolute atomic E-state index is 13.7. The zero-order valence-corrected chi connectivity index (χ0v) is 18.6. The molecule has 2 N–H and O–H groups in total. The highest BCUT2D eigenvalue weighted by Gasteiger charge is 2.35. The second-order valence-electron chi connectivity index (χ2n) is 7.57. The quantitative estimate of drug-likeness (QED) is 0.703. The fourth-order valence-corrected chi connectivity index (χ4v) is 4.17. The van der Waals surface area contributed by atoms with Gasteiger partial charge in [0.2, 0.25) is 5.88 Å². The minimum atomic E-state index is -0.646. The third-order valence-corrected chi connectivity index (χ3v) is 5.89. The number of nitrogens with zero attached hydrogens (tertiary/aromatic N) is 3. The Balaban J connectivity index is 2.11. The number of methoxy groups -OCH3 is 1. The van der Waals surface area contributed by atoms with Crippen molar-refractivity contribution in [3.63, 3.8) is 0 Å². The van der Waals surface area contributed by atoms with Crippen molar-refractivity contribution in [3.8, 4) is 17.6 Å². The minimum Gasteiger partial charge on any atom is -0.496 e. The molecule has 0 amide bonds. The van der Waals surface area contributed by atoms with Crippen molar-refractivity contribution in [1.82, 2.24) is 9.47 Å². The molecule has 3 rings (SSSR count). The largest absolute Gasteiger partial charge is 0.496 e. The molecule has 1 atom stereocenters. The van der Waals surface area contributed by atoms with Gasteiger partial charge in [0.15, 0.2) is 0 Å². The van der Waals surface area contributed by atoms with Crippen LogP contribution >= 0.6 is 0 Å². The van der Waals surface area contributed by atoms with Crippen molar-refractivity contribution in [1.29, 1.82) is 5.26 Å². The van der Waals surface area contributed by atoms with Gasteiger partial charge in [-0.1, -0.05) is 32.0 Å². The Labute approximate surface area is 183 Å². The first-order valence-corrected chi connectivity index (χ1v) is 10.6. The molecular weight excluding hydrogens is 392 g/mol. The van der Waals surface area contributed by atoms with Crippen LogP contribution in [0.15, 0.2) is 46.6 Å². The number of nitrogens with two attached hydrogens (primary N) is 1. The molecule has 31 heavy (non-hydrogen) atoms. The first-order chi connectivity index (χ1) is 15.0. The normalized spacial score (nSPS) is 15.4. The summed E-state index contributed by atoms with van der Waals surface area (Å²) in [5, 5.41) is 9.83. The van der Waals surface area contributed by atoms with Gasteiger partial charge in [0, 0.05) is 23.9 Å². The minimum absolute atomic E-state index is 0.0176. The molecule has 0 bridgehead atoms. The second kappa shape index (κ2) is 9.71. The highest BCUT2D eigenvalue weighted by molar-refractivity contribution is 5.58. The topological polar surface area (TPSA) is 93.5 Å². The van der Waals surface area contributed by atoms with E-state index < -0.39 is 5.92 Å².